The largest absolute Gasteiger partial charge is 0.265 e. The molecule has 0 spiro atoms. The molecule has 3 heteroatoms. The van der Waals surface area contributed by atoms with Gasteiger partial charge in [-0.1, -0.05) is 37.4 Å². The lowest BCUT2D eigenvalue weighted by molar-refractivity contribution is 1.46. The molecule has 0 unspecified atom stereocenters. The van der Waals surface area contributed by atoms with E-state index < -0.39 is 0 Å². The average Bonchev–Trinajstić information content (AvgIpc) is 2.75. The molecule has 0 amide bonds. The molecule has 0 aliphatic rings. The Morgan fingerprint density at radius 3 is 1.86 bits per heavy atom. The Labute approximate surface area is 164 Å². The highest BCUT2D eigenvalue weighted by Crippen LogP contribution is 2.26. The van der Waals surface area contributed by atoms with Crippen molar-refractivity contribution in [2.75, 3.05) is 0 Å². The van der Waals surface area contributed by atoms with Crippen molar-refractivity contribution in [2.24, 2.45) is 9.98 Å². The third kappa shape index (κ3) is 3.51. The summed E-state index contributed by atoms with van der Waals surface area (Å²) < 4.78 is 0. The molecule has 134 valence electrons. The van der Waals surface area contributed by atoms with Crippen LogP contribution >= 0.6 is 0 Å². The van der Waals surface area contributed by atoms with Crippen molar-refractivity contribution in [3.05, 3.63) is 90.5 Å². The van der Waals surface area contributed by atoms with Crippen LogP contribution in [0.4, 0.5) is 11.4 Å². The Morgan fingerprint density at radius 1 is 0.679 bits per heavy atom. The molecule has 0 N–H and O–H groups in total. The fraction of sp³-hybridized carbons (Fsp3) is 0. The van der Waals surface area contributed by atoms with E-state index in [4.69, 9.17) is 4.98 Å². The van der Waals surface area contributed by atoms with Crippen LogP contribution in [0.25, 0.3) is 34.0 Å². The van der Waals surface area contributed by atoms with Gasteiger partial charge in [0.2, 0.25) is 0 Å². The van der Waals surface area contributed by atoms with E-state index in [0.717, 1.165) is 49.9 Å². The minimum atomic E-state index is 0.814. The van der Waals surface area contributed by atoms with E-state index in [1.54, 1.807) is 0 Å². The summed E-state index contributed by atoms with van der Waals surface area (Å²) in [4.78, 5) is 13.4. The van der Waals surface area contributed by atoms with Crippen molar-refractivity contribution < 1.29 is 0 Å². The van der Waals surface area contributed by atoms with Crippen molar-refractivity contribution in [2.45, 2.75) is 0 Å². The lowest BCUT2D eigenvalue weighted by Gasteiger charge is -2.04. The van der Waals surface area contributed by atoms with Crippen LogP contribution in [0.3, 0.4) is 0 Å². The number of hydrogen-bond donors (Lipinski definition) is 0. The Balaban J connectivity index is 1.73. The highest BCUT2D eigenvalue weighted by molar-refractivity contribution is 5.95. The topological polar surface area (TPSA) is 37.6 Å². The maximum absolute atomic E-state index is 4.77. The van der Waals surface area contributed by atoms with Gasteiger partial charge in [-0.2, -0.15) is 0 Å². The molecule has 0 fully saturated rings. The second-order valence-corrected chi connectivity index (χ2v) is 6.50. The van der Waals surface area contributed by atoms with E-state index in [0.29, 0.717) is 0 Å². The number of aromatic nitrogens is 1. The molecular formula is C25H19N3. The van der Waals surface area contributed by atoms with Crippen LogP contribution in [0.5, 0.6) is 0 Å². The molecule has 4 rings (SSSR count). The fourth-order valence-corrected chi connectivity index (χ4v) is 3.14. The summed E-state index contributed by atoms with van der Waals surface area (Å²) >= 11 is 0. The minimum Gasteiger partial charge on any atom is -0.265 e. The Kier molecular flexibility index (Phi) is 4.65. The summed E-state index contributed by atoms with van der Waals surface area (Å²) in [6, 6.07) is 20.2. The normalized spacial score (nSPS) is 11.1. The monoisotopic (exact) mass is 361 g/mol. The first-order valence-corrected chi connectivity index (χ1v) is 8.94. The zero-order chi connectivity index (χ0) is 19.5. The zero-order valence-corrected chi connectivity index (χ0v) is 15.5. The van der Waals surface area contributed by atoms with Gasteiger partial charge in [0, 0.05) is 17.0 Å². The molecule has 0 atom stereocenters. The number of benzene rings is 3. The lowest BCUT2D eigenvalue weighted by Crippen LogP contribution is -1.86. The van der Waals surface area contributed by atoms with Crippen LogP contribution in [0, 0.1) is 0 Å². The zero-order valence-electron chi connectivity index (χ0n) is 15.5. The molecule has 28 heavy (non-hydrogen) atoms. The van der Waals surface area contributed by atoms with Crippen molar-refractivity contribution in [1.29, 1.82) is 0 Å². The van der Waals surface area contributed by atoms with Crippen LogP contribution < -0.4 is 0 Å². The van der Waals surface area contributed by atoms with Crippen LogP contribution in [0.1, 0.15) is 16.7 Å². The van der Waals surface area contributed by atoms with Crippen LogP contribution in [0.15, 0.2) is 83.8 Å². The third-order valence-corrected chi connectivity index (χ3v) is 4.60. The van der Waals surface area contributed by atoms with Crippen LogP contribution in [-0.4, -0.2) is 17.9 Å². The molecule has 0 bridgehead atoms. The van der Waals surface area contributed by atoms with E-state index in [9.17, 15) is 0 Å². The smallest absolute Gasteiger partial charge is 0.0731 e. The molecule has 1 heterocycles. The molecule has 3 nitrogen and oxygen atoms in total. The molecule has 0 saturated carbocycles. The van der Waals surface area contributed by atoms with Gasteiger partial charge in [0.25, 0.3) is 0 Å². The first-order valence-electron chi connectivity index (χ1n) is 8.94. The van der Waals surface area contributed by atoms with Crippen molar-refractivity contribution in [3.63, 3.8) is 0 Å². The van der Waals surface area contributed by atoms with Gasteiger partial charge in [0.15, 0.2) is 0 Å². The first-order chi connectivity index (χ1) is 13.7. The molecule has 0 aliphatic carbocycles. The molecule has 1 aromatic heterocycles. The quantitative estimate of drug-likeness (QED) is 0.286. The number of pyridine rings is 1. The highest BCUT2D eigenvalue weighted by Gasteiger charge is 2.02. The summed E-state index contributed by atoms with van der Waals surface area (Å²) in [6.45, 7) is 11.3. The molecule has 4 aromatic rings. The van der Waals surface area contributed by atoms with Gasteiger partial charge in [-0.25, -0.2) is 4.98 Å². The Hall–Kier alpha value is -3.85. The van der Waals surface area contributed by atoms with Crippen molar-refractivity contribution >= 4 is 58.3 Å². The van der Waals surface area contributed by atoms with E-state index in [-0.39, 0.29) is 0 Å². The fourth-order valence-electron chi connectivity index (χ4n) is 3.14. The second-order valence-electron chi connectivity index (χ2n) is 6.50. The molecule has 3 aromatic carbocycles. The predicted molar refractivity (Wildman–Crippen MR) is 122 cm³/mol. The molecule has 0 saturated heterocycles. The average molecular weight is 361 g/mol. The van der Waals surface area contributed by atoms with Crippen LogP contribution in [-0.2, 0) is 0 Å². The van der Waals surface area contributed by atoms with E-state index >= 15 is 0 Å². The van der Waals surface area contributed by atoms with Crippen LogP contribution in [0.2, 0.25) is 0 Å². The summed E-state index contributed by atoms with van der Waals surface area (Å²) in [5.74, 6) is 0. The predicted octanol–water partition coefficient (Wildman–Crippen LogP) is 6.76. The van der Waals surface area contributed by atoms with Crippen molar-refractivity contribution in [3.8, 4) is 0 Å². The minimum absolute atomic E-state index is 0.814. The summed E-state index contributed by atoms with van der Waals surface area (Å²) in [5, 5.41) is 2.16. The van der Waals surface area contributed by atoms with Gasteiger partial charge in [0.1, 0.15) is 0 Å². The van der Waals surface area contributed by atoms with Gasteiger partial charge in [-0.3, -0.25) is 9.98 Å². The number of rotatable bonds is 5. The lowest BCUT2D eigenvalue weighted by atomic mass is 10.1. The summed E-state index contributed by atoms with van der Waals surface area (Å²) in [5.41, 5.74) is 6.54. The molecule has 0 aliphatic heterocycles. The number of hydrogen-bond acceptors (Lipinski definition) is 3. The third-order valence-electron chi connectivity index (χ3n) is 4.60. The number of fused-ring (bicyclic) bond motifs is 2. The van der Waals surface area contributed by atoms with E-state index in [2.05, 4.69) is 35.9 Å². The second kappa shape index (κ2) is 7.41. The number of nitrogens with zero attached hydrogens (tertiary/aromatic N) is 3. The van der Waals surface area contributed by atoms with Gasteiger partial charge < -0.3 is 0 Å². The maximum atomic E-state index is 4.77. The molecular weight excluding hydrogens is 342 g/mol. The summed E-state index contributed by atoms with van der Waals surface area (Å²) in [7, 11) is 0. The Bertz CT molecular complexity index is 1240. The summed E-state index contributed by atoms with van der Waals surface area (Å²) in [6.07, 6.45) is 5.49. The van der Waals surface area contributed by atoms with Crippen molar-refractivity contribution in [1.82, 2.24) is 4.98 Å². The Morgan fingerprint density at radius 2 is 1.25 bits per heavy atom. The highest BCUT2D eigenvalue weighted by atomic mass is 14.7. The SMILES string of the molecule is C=Cc1cc(C=C)cc(C=Nc2ccc3cc4ccc(N=C)cc4nc3c2)c1. The standard InChI is InChI=1S/C25H19N3/c1-4-17-10-18(5-2)12-19(11-17)16-27-23-9-7-21-13-20-6-8-22(26-3)14-24(20)28-25(21)15-23/h4-16H,1-3H2. The first kappa shape index (κ1) is 17.6. The molecule has 0 radical (unpaired) electrons. The number of aliphatic imine (C=N–C) groups is 2. The van der Waals surface area contributed by atoms with Gasteiger partial charge in [-0.15, -0.1) is 0 Å². The van der Waals surface area contributed by atoms with Gasteiger partial charge in [0.05, 0.1) is 22.4 Å². The van der Waals surface area contributed by atoms with Gasteiger partial charge >= 0.3 is 0 Å². The maximum Gasteiger partial charge on any atom is 0.0731 e. The van der Waals surface area contributed by atoms with Gasteiger partial charge in [-0.05, 0) is 71.9 Å². The van der Waals surface area contributed by atoms with E-state index in [1.807, 2.05) is 73.0 Å². The van der Waals surface area contributed by atoms with E-state index in [1.165, 1.54) is 0 Å².